The molecule has 0 amide bonds. The molecular weight excluding hydrogens is 300 g/mol. The lowest BCUT2D eigenvalue weighted by Crippen LogP contribution is -2.33. The highest BCUT2D eigenvalue weighted by molar-refractivity contribution is 9.10. The highest BCUT2D eigenvalue weighted by Crippen LogP contribution is 2.35. The molecule has 1 saturated heterocycles. The van der Waals surface area contributed by atoms with E-state index in [0.717, 1.165) is 0 Å². The fourth-order valence-electron chi connectivity index (χ4n) is 2.98. The largest absolute Gasteiger partial charge is 0.367 e. The molecule has 2 nitrogen and oxygen atoms in total. The minimum atomic E-state index is 0.393. The van der Waals surface area contributed by atoms with E-state index < -0.39 is 0 Å². The zero-order valence-corrected chi connectivity index (χ0v) is 14.0. The Morgan fingerprint density at radius 1 is 1.32 bits per heavy atom. The van der Waals surface area contributed by atoms with Gasteiger partial charge in [0.25, 0.3) is 0 Å². The fraction of sp³-hybridized carbons (Fsp3) is 0.625. The van der Waals surface area contributed by atoms with Crippen molar-refractivity contribution in [2.45, 2.75) is 45.7 Å². The molecule has 1 N–H and O–H groups in total. The van der Waals surface area contributed by atoms with Gasteiger partial charge in [-0.3, -0.25) is 0 Å². The van der Waals surface area contributed by atoms with Gasteiger partial charge in [0.05, 0.1) is 5.69 Å². The summed E-state index contributed by atoms with van der Waals surface area (Å²) in [5, 5.41) is 3.29. The molecule has 0 saturated carbocycles. The van der Waals surface area contributed by atoms with E-state index in [1.54, 1.807) is 0 Å². The van der Waals surface area contributed by atoms with Crippen LogP contribution in [0.25, 0.3) is 0 Å². The number of rotatable bonds is 4. The number of nitrogens with zero attached hydrogens (tertiary/aromatic N) is 1. The van der Waals surface area contributed by atoms with Gasteiger partial charge in [-0.2, -0.15) is 0 Å². The minimum absolute atomic E-state index is 0.393. The molecule has 0 bridgehead atoms. The summed E-state index contributed by atoms with van der Waals surface area (Å²) >= 11 is 3.76. The van der Waals surface area contributed by atoms with Crippen molar-refractivity contribution in [2.24, 2.45) is 5.92 Å². The first-order chi connectivity index (χ1) is 9.04. The molecule has 1 aliphatic rings. The van der Waals surface area contributed by atoms with Crippen molar-refractivity contribution >= 4 is 21.6 Å². The first-order valence-corrected chi connectivity index (χ1v) is 8.07. The fourth-order valence-corrected chi connectivity index (χ4v) is 3.60. The normalized spacial score (nSPS) is 21.2. The molecule has 1 heterocycles. The first kappa shape index (κ1) is 14.9. The van der Waals surface area contributed by atoms with Crippen molar-refractivity contribution in [3.05, 3.63) is 28.2 Å². The van der Waals surface area contributed by atoms with Gasteiger partial charge in [0.1, 0.15) is 0 Å². The van der Waals surface area contributed by atoms with E-state index >= 15 is 0 Å². The maximum atomic E-state index is 3.76. The van der Waals surface area contributed by atoms with Crippen LogP contribution < -0.4 is 10.2 Å². The summed E-state index contributed by atoms with van der Waals surface area (Å²) in [4.78, 5) is 2.57. The summed E-state index contributed by atoms with van der Waals surface area (Å²) in [5.74, 6) is 0.713. The van der Waals surface area contributed by atoms with Crippen molar-refractivity contribution in [1.82, 2.24) is 5.32 Å². The van der Waals surface area contributed by atoms with Gasteiger partial charge in [-0.1, -0.05) is 19.9 Å². The van der Waals surface area contributed by atoms with Crippen LogP contribution in [0.5, 0.6) is 0 Å². The van der Waals surface area contributed by atoms with Gasteiger partial charge in [-0.05, 0) is 66.4 Å². The number of benzene rings is 1. The van der Waals surface area contributed by atoms with Crippen LogP contribution in [-0.4, -0.2) is 19.6 Å². The number of halogens is 1. The monoisotopic (exact) mass is 324 g/mol. The van der Waals surface area contributed by atoms with Gasteiger partial charge >= 0.3 is 0 Å². The number of hydrogen-bond donors (Lipinski definition) is 1. The lowest BCUT2D eigenvalue weighted by atomic mass is 10.0. The predicted octanol–water partition coefficient (Wildman–Crippen LogP) is 4.35. The number of hydrogen-bond acceptors (Lipinski definition) is 2. The Hall–Kier alpha value is -0.540. The van der Waals surface area contributed by atoms with Crippen LogP contribution in [-0.2, 0) is 0 Å². The molecule has 106 valence electrons. The Labute approximate surface area is 125 Å². The molecule has 1 aliphatic heterocycles. The second-order valence-corrected chi connectivity index (χ2v) is 6.72. The molecule has 0 spiro atoms. The molecular formula is C16H25BrN2. The Morgan fingerprint density at radius 2 is 2.05 bits per heavy atom. The summed E-state index contributed by atoms with van der Waals surface area (Å²) in [6, 6.07) is 7.85. The average Bonchev–Trinajstić information content (AvgIpc) is 2.86. The van der Waals surface area contributed by atoms with Crippen LogP contribution in [0.4, 0.5) is 5.69 Å². The Bertz CT molecular complexity index is 431. The maximum absolute atomic E-state index is 3.76. The van der Waals surface area contributed by atoms with Crippen LogP contribution in [0.15, 0.2) is 22.7 Å². The van der Waals surface area contributed by atoms with Crippen molar-refractivity contribution in [3.8, 4) is 0 Å². The smallest absolute Gasteiger partial charge is 0.0513 e. The standard InChI is InChI=1S/C16H25BrN2/c1-11(2)15-6-5-9-19(15)16-8-7-13(10-14(16)17)12(3)18-4/h7-8,10-12,15,18H,5-6,9H2,1-4H3. The van der Waals surface area contributed by atoms with E-state index in [0.29, 0.717) is 18.0 Å². The van der Waals surface area contributed by atoms with E-state index in [1.807, 2.05) is 7.05 Å². The summed E-state index contributed by atoms with van der Waals surface area (Å²) in [7, 11) is 2.00. The molecule has 0 aromatic heterocycles. The van der Waals surface area contributed by atoms with Gasteiger partial charge in [0, 0.05) is 23.1 Å². The summed E-state index contributed by atoms with van der Waals surface area (Å²) in [5.41, 5.74) is 2.68. The molecule has 0 radical (unpaired) electrons. The molecule has 2 unspecified atom stereocenters. The van der Waals surface area contributed by atoms with Gasteiger partial charge in [0.15, 0.2) is 0 Å². The minimum Gasteiger partial charge on any atom is -0.367 e. The molecule has 0 aliphatic carbocycles. The third kappa shape index (κ3) is 3.14. The van der Waals surface area contributed by atoms with Crippen LogP contribution >= 0.6 is 15.9 Å². The second-order valence-electron chi connectivity index (χ2n) is 5.87. The summed E-state index contributed by atoms with van der Waals surface area (Å²) in [6.07, 6.45) is 2.63. The molecule has 2 rings (SSSR count). The third-order valence-electron chi connectivity index (χ3n) is 4.28. The van der Waals surface area contributed by atoms with Gasteiger partial charge in [-0.15, -0.1) is 0 Å². The highest BCUT2D eigenvalue weighted by Gasteiger charge is 2.28. The summed E-state index contributed by atoms with van der Waals surface area (Å²) in [6.45, 7) is 8.03. The zero-order chi connectivity index (χ0) is 14.0. The van der Waals surface area contributed by atoms with Crippen LogP contribution in [0.2, 0.25) is 0 Å². The average molecular weight is 325 g/mol. The Balaban J connectivity index is 2.26. The lowest BCUT2D eigenvalue weighted by Gasteiger charge is -2.31. The summed E-state index contributed by atoms with van der Waals surface area (Å²) < 4.78 is 1.22. The van der Waals surface area contributed by atoms with Crippen LogP contribution in [0.3, 0.4) is 0 Å². The maximum Gasteiger partial charge on any atom is 0.0513 e. The molecule has 19 heavy (non-hydrogen) atoms. The van der Waals surface area contributed by atoms with E-state index in [1.165, 1.54) is 35.1 Å². The lowest BCUT2D eigenvalue weighted by molar-refractivity contribution is 0.491. The quantitative estimate of drug-likeness (QED) is 0.885. The Kier molecular flexibility index (Phi) is 4.91. The van der Waals surface area contributed by atoms with Crippen molar-refractivity contribution < 1.29 is 0 Å². The van der Waals surface area contributed by atoms with E-state index in [9.17, 15) is 0 Å². The predicted molar refractivity (Wildman–Crippen MR) is 86.8 cm³/mol. The zero-order valence-electron chi connectivity index (χ0n) is 12.4. The van der Waals surface area contributed by atoms with E-state index in [4.69, 9.17) is 0 Å². The molecule has 1 fully saturated rings. The SMILES string of the molecule is CNC(C)c1ccc(N2CCCC2C(C)C)c(Br)c1. The Morgan fingerprint density at radius 3 is 2.63 bits per heavy atom. The number of anilines is 1. The van der Waals surface area contributed by atoms with Gasteiger partial charge < -0.3 is 10.2 Å². The highest BCUT2D eigenvalue weighted by atomic mass is 79.9. The van der Waals surface area contributed by atoms with Gasteiger partial charge in [-0.25, -0.2) is 0 Å². The molecule has 1 aromatic carbocycles. The van der Waals surface area contributed by atoms with Gasteiger partial charge in [0.2, 0.25) is 0 Å². The van der Waals surface area contributed by atoms with E-state index in [-0.39, 0.29) is 0 Å². The second kappa shape index (κ2) is 6.27. The van der Waals surface area contributed by atoms with Crippen molar-refractivity contribution in [3.63, 3.8) is 0 Å². The first-order valence-electron chi connectivity index (χ1n) is 7.28. The molecule has 3 heteroatoms. The molecule has 1 aromatic rings. The van der Waals surface area contributed by atoms with Crippen molar-refractivity contribution in [1.29, 1.82) is 0 Å². The van der Waals surface area contributed by atoms with Crippen LogP contribution in [0, 0.1) is 5.92 Å². The topological polar surface area (TPSA) is 15.3 Å². The number of nitrogens with one attached hydrogen (secondary N) is 1. The van der Waals surface area contributed by atoms with E-state index in [2.05, 4.69) is 65.1 Å². The van der Waals surface area contributed by atoms with Crippen LogP contribution in [0.1, 0.15) is 45.2 Å². The molecule has 2 atom stereocenters. The van der Waals surface area contributed by atoms with Crippen molar-refractivity contribution in [2.75, 3.05) is 18.5 Å². The third-order valence-corrected chi connectivity index (χ3v) is 4.92.